The first-order valence-corrected chi connectivity index (χ1v) is 9.18. The van der Waals surface area contributed by atoms with Crippen molar-refractivity contribution >= 4 is 11.6 Å². The molecule has 3 aromatic rings. The fourth-order valence-electron chi connectivity index (χ4n) is 3.15. The Balaban J connectivity index is 1.49. The summed E-state index contributed by atoms with van der Waals surface area (Å²) in [4.78, 5) is 12.8. The van der Waals surface area contributed by atoms with Crippen LogP contribution < -0.4 is 10.1 Å². The molecule has 1 fully saturated rings. The van der Waals surface area contributed by atoms with Gasteiger partial charge in [0.2, 0.25) is 0 Å². The molecule has 8 heteroatoms. The zero-order valence-electron chi connectivity index (χ0n) is 15.5. The van der Waals surface area contributed by atoms with Crippen LogP contribution in [-0.2, 0) is 11.8 Å². The normalized spacial score (nSPS) is 16.1. The number of carbonyl (C=O) groups is 1. The predicted octanol–water partition coefficient (Wildman–Crippen LogP) is 2.69. The van der Waals surface area contributed by atoms with Crippen LogP contribution in [0, 0.1) is 0 Å². The molecule has 28 heavy (non-hydrogen) atoms. The van der Waals surface area contributed by atoms with Crippen LogP contribution in [0.3, 0.4) is 0 Å². The van der Waals surface area contributed by atoms with E-state index in [1.54, 1.807) is 23.9 Å². The van der Waals surface area contributed by atoms with Crippen molar-refractivity contribution in [3.63, 3.8) is 0 Å². The van der Waals surface area contributed by atoms with Crippen LogP contribution >= 0.6 is 0 Å². The van der Waals surface area contributed by atoms with Gasteiger partial charge in [0.05, 0.1) is 11.7 Å². The number of tetrazole rings is 1. The van der Waals surface area contributed by atoms with E-state index in [0.717, 1.165) is 25.0 Å². The van der Waals surface area contributed by atoms with Crippen LogP contribution in [-0.4, -0.2) is 45.4 Å². The first kappa shape index (κ1) is 18.1. The van der Waals surface area contributed by atoms with Gasteiger partial charge in [0.15, 0.2) is 5.82 Å². The molecule has 1 atom stereocenters. The Morgan fingerprint density at radius 2 is 2.18 bits per heavy atom. The lowest BCUT2D eigenvalue weighted by molar-refractivity contribution is 0.0673. The summed E-state index contributed by atoms with van der Waals surface area (Å²) in [5.41, 5.74) is 1.94. The average Bonchev–Trinajstić information content (AvgIpc) is 3.38. The summed E-state index contributed by atoms with van der Waals surface area (Å²) < 4.78 is 13.0. The molecule has 144 valence electrons. The summed E-state index contributed by atoms with van der Waals surface area (Å²) in [5, 5.41) is 14.4. The van der Waals surface area contributed by atoms with Gasteiger partial charge in [0.1, 0.15) is 12.4 Å². The minimum absolute atomic E-state index is 0.0906. The summed E-state index contributed by atoms with van der Waals surface area (Å²) >= 11 is 0. The maximum atomic E-state index is 12.8. The van der Waals surface area contributed by atoms with Crippen molar-refractivity contribution in [3.05, 3.63) is 54.1 Å². The lowest BCUT2D eigenvalue weighted by Crippen LogP contribution is -2.19. The number of benzene rings is 2. The third-order valence-corrected chi connectivity index (χ3v) is 4.58. The van der Waals surface area contributed by atoms with Crippen LogP contribution in [0.2, 0.25) is 0 Å². The summed E-state index contributed by atoms with van der Waals surface area (Å²) in [6, 6.07) is 14.6. The highest BCUT2D eigenvalue weighted by atomic mass is 16.5. The van der Waals surface area contributed by atoms with Gasteiger partial charge in [0.25, 0.3) is 5.91 Å². The molecule has 4 rings (SSSR count). The van der Waals surface area contributed by atoms with Gasteiger partial charge in [-0.2, -0.15) is 0 Å². The molecule has 1 saturated heterocycles. The number of para-hydroxylation sites is 1. The number of ether oxygens (including phenoxy) is 2. The minimum Gasteiger partial charge on any atom is -0.490 e. The van der Waals surface area contributed by atoms with Gasteiger partial charge in [0, 0.05) is 24.9 Å². The van der Waals surface area contributed by atoms with E-state index in [-0.39, 0.29) is 12.0 Å². The molecular weight excluding hydrogens is 358 g/mol. The van der Waals surface area contributed by atoms with Gasteiger partial charge in [-0.15, -0.1) is 5.10 Å². The van der Waals surface area contributed by atoms with Gasteiger partial charge in [-0.05, 0) is 47.5 Å². The zero-order valence-corrected chi connectivity index (χ0v) is 15.5. The Morgan fingerprint density at radius 3 is 2.96 bits per heavy atom. The average molecular weight is 379 g/mol. The fourth-order valence-corrected chi connectivity index (χ4v) is 3.15. The number of hydrogen-bond donors (Lipinski definition) is 1. The lowest BCUT2D eigenvalue weighted by atomic mass is 10.1. The van der Waals surface area contributed by atoms with Gasteiger partial charge >= 0.3 is 0 Å². The van der Waals surface area contributed by atoms with E-state index in [9.17, 15) is 4.79 Å². The van der Waals surface area contributed by atoms with Crippen LogP contribution in [0.5, 0.6) is 5.75 Å². The Bertz CT molecular complexity index is 966. The standard InChI is InChI=1S/C20H21N5O3/c1-25-19(22-23-24-25)14-6-4-7-15(12-14)21-20(26)17-9-2-3-10-18(17)28-13-16-8-5-11-27-16/h2-4,6-7,9-10,12,16H,5,8,11,13H2,1H3,(H,21,26). The second-order valence-electron chi connectivity index (χ2n) is 6.60. The smallest absolute Gasteiger partial charge is 0.259 e. The third kappa shape index (κ3) is 4.01. The Morgan fingerprint density at radius 1 is 1.29 bits per heavy atom. The van der Waals surface area contributed by atoms with Gasteiger partial charge in [-0.25, -0.2) is 4.68 Å². The molecule has 0 aliphatic carbocycles. The largest absolute Gasteiger partial charge is 0.490 e. The van der Waals surface area contributed by atoms with E-state index in [1.807, 2.05) is 36.4 Å². The van der Waals surface area contributed by atoms with Crippen molar-refractivity contribution in [2.45, 2.75) is 18.9 Å². The van der Waals surface area contributed by atoms with E-state index in [0.29, 0.717) is 29.4 Å². The Hall–Kier alpha value is -3.26. The maximum Gasteiger partial charge on any atom is 0.259 e. The van der Waals surface area contributed by atoms with E-state index in [1.165, 1.54) is 0 Å². The Labute approximate surface area is 162 Å². The van der Waals surface area contributed by atoms with E-state index in [4.69, 9.17) is 9.47 Å². The number of amides is 1. The van der Waals surface area contributed by atoms with Crippen molar-refractivity contribution < 1.29 is 14.3 Å². The topological polar surface area (TPSA) is 91.2 Å². The second kappa shape index (κ2) is 8.18. The van der Waals surface area contributed by atoms with Crippen molar-refractivity contribution in [1.82, 2.24) is 20.2 Å². The number of rotatable bonds is 6. The molecule has 0 saturated carbocycles. The summed E-state index contributed by atoms with van der Waals surface area (Å²) in [5.74, 6) is 0.928. The first-order chi connectivity index (χ1) is 13.7. The Kier molecular flexibility index (Phi) is 5.29. The molecule has 2 heterocycles. The van der Waals surface area contributed by atoms with Gasteiger partial charge < -0.3 is 14.8 Å². The molecule has 0 spiro atoms. The van der Waals surface area contributed by atoms with Crippen LogP contribution in [0.25, 0.3) is 11.4 Å². The number of nitrogens with one attached hydrogen (secondary N) is 1. The summed E-state index contributed by atoms with van der Waals surface area (Å²) in [6.45, 7) is 1.21. The highest BCUT2D eigenvalue weighted by molar-refractivity contribution is 6.06. The molecule has 0 bridgehead atoms. The number of aryl methyl sites for hydroxylation is 1. The molecule has 1 aliphatic heterocycles. The SMILES string of the molecule is Cn1nnnc1-c1cccc(NC(=O)c2ccccc2OCC2CCCO2)c1. The van der Waals surface area contributed by atoms with Gasteiger partial charge in [-0.3, -0.25) is 4.79 Å². The quantitative estimate of drug-likeness (QED) is 0.708. The maximum absolute atomic E-state index is 12.8. The van der Waals surface area contributed by atoms with Crippen LogP contribution in [0.15, 0.2) is 48.5 Å². The number of hydrogen-bond acceptors (Lipinski definition) is 6. The minimum atomic E-state index is -0.240. The zero-order chi connectivity index (χ0) is 19.3. The lowest BCUT2D eigenvalue weighted by Gasteiger charge is -2.14. The number of carbonyl (C=O) groups excluding carboxylic acids is 1. The molecule has 1 unspecified atom stereocenters. The third-order valence-electron chi connectivity index (χ3n) is 4.58. The number of nitrogens with zero attached hydrogens (tertiary/aromatic N) is 4. The van der Waals surface area contributed by atoms with E-state index in [2.05, 4.69) is 20.8 Å². The molecule has 8 nitrogen and oxygen atoms in total. The van der Waals surface area contributed by atoms with Crippen molar-refractivity contribution in [1.29, 1.82) is 0 Å². The number of anilines is 1. The summed E-state index contributed by atoms with van der Waals surface area (Å²) in [7, 11) is 1.77. The second-order valence-corrected chi connectivity index (χ2v) is 6.60. The molecule has 0 radical (unpaired) electrons. The molecule has 1 aliphatic rings. The molecule has 2 aromatic carbocycles. The van der Waals surface area contributed by atoms with E-state index >= 15 is 0 Å². The van der Waals surface area contributed by atoms with E-state index < -0.39 is 0 Å². The highest BCUT2D eigenvalue weighted by Crippen LogP contribution is 2.23. The monoisotopic (exact) mass is 379 g/mol. The highest BCUT2D eigenvalue weighted by Gasteiger charge is 2.18. The summed E-state index contributed by atoms with van der Waals surface area (Å²) in [6.07, 6.45) is 2.12. The molecule has 1 amide bonds. The molecule has 1 N–H and O–H groups in total. The first-order valence-electron chi connectivity index (χ1n) is 9.18. The van der Waals surface area contributed by atoms with Crippen LogP contribution in [0.1, 0.15) is 23.2 Å². The fraction of sp³-hybridized carbons (Fsp3) is 0.300. The van der Waals surface area contributed by atoms with Crippen molar-refractivity contribution in [2.75, 3.05) is 18.5 Å². The van der Waals surface area contributed by atoms with Crippen LogP contribution in [0.4, 0.5) is 5.69 Å². The molecule has 1 aromatic heterocycles. The van der Waals surface area contributed by atoms with Crippen molar-refractivity contribution in [2.24, 2.45) is 7.05 Å². The van der Waals surface area contributed by atoms with Crippen molar-refractivity contribution in [3.8, 4) is 17.1 Å². The van der Waals surface area contributed by atoms with Gasteiger partial charge in [-0.1, -0.05) is 24.3 Å². The number of aromatic nitrogens is 4. The predicted molar refractivity (Wildman–Crippen MR) is 103 cm³/mol. The molecular formula is C20H21N5O3.